The van der Waals surface area contributed by atoms with Gasteiger partial charge in [0.25, 0.3) is 0 Å². The van der Waals surface area contributed by atoms with Gasteiger partial charge in [0.2, 0.25) is 0 Å². The van der Waals surface area contributed by atoms with Crippen LogP contribution < -0.4 is 10.6 Å². The molecule has 5 heteroatoms. The molecule has 0 amide bonds. The minimum Gasteiger partial charge on any atom is -0.385 e. The molecule has 1 aromatic rings. The lowest BCUT2D eigenvalue weighted by Crippen LogP contribution is -2.43. The van der Waals surface area contributed by atoms with Crippen molar-refractivity contribution in [2.75, 3.05) is 33.9 Å². The molecule has 0 radical (unpaired) electrons. The maximum atomic E-state index is 5.72. The average molecular weight is 376 g/mol. The SMILES string of the molecule is CCCOCc1ccccc1CNC(=NC)NCC1(CCOC)CCCC1. The summed E-state index contributed by atoms with van der Waals surface area (Å²) in [5.74, 6) is 0.864. The van der Waals surface area contributed by atoms with Gasteiger partial charge in [0.15, 0.2) is 5.96 Å². The number of guanidine groups is 1. The summed E-state index contributed by atoms with van der Waals surface area (Å²) in [5.41, 5.74) is 2.84. The molecule has 1 fully saturated rings. The molecule has 2 rings (SSSR count). The largest absolute Gasteiger partial charge is 0.385 e. The summed E-state index contributed by atoms with van der Waals surface area (Å²) in [7, 11) is 3.63. The molecule has 0 bridgehead atoms. The fourth-order valence-corrected chi connectivity index (χ4v) is 3.83. The highest BCUT2D eigenvalue weighted by molar-refractivity contribution is 5.79. The van der Waals surface area contributed by atoms with Crippen molar-refractivity contribution in [2.24, 2.45) is 10.4 Å². The molecule has 0 spiro atoms. The summed E-state index contributed by atoms with van der Waals surface area (Å²) in [5, 5.41) is 7.02. The predicted molar refractivity (Wildman–Crippen MR) is 112 cm³/mol. The van der Waals surface area contributed by atoms with E-state index in [0.717, 1.165) is 45.1 Å². The monoisotopic (exact) mass is 375 g/mol. The molecule has 0 atom stereocenters. The van der Waals surface area contributed by atoms with Gasteiger partial charge in [-0.25, -0.2) is 0 Å². The fraction of sp³-hybridized carbons (Fsp3) is 0.682. The van der Waals surface area contributed by atoms with Crippen LogP contribution in [0.15, 0.2) is 29.3 Å². The molecule has 1 aliphatic carbocycles. The van der Waals surface area contributed by atoms with Crippen LogP contribution >= 0.6 is 0 Å². The van der Waals surface area contributed by atoms with Gasteiger partial charge in [-0.3, -0.25) is 4.99 Å². The quantitative estimate of drug-likeness (QED) is 0.350. The third kappa shape index (κ3) is 7.15. The number of benzene rings is 1. The van der Waals surface area contributed by atoms with Crippen molar-refractivity contribution in [3.8, 4) is 0 Å². The molecule has 0 heterocycles. The van der Waals surface area contributed by atoms with Crippen LogP contribution in [0.2, 0.25) is 0 Å². The normalized spacial score (nSPS) is 16.5. The summed E-state index contributed by atoms with van der Waals surface area (Å²) in [6.45, 7) is 6.13. The highest BCUT2D eigenvalue weighted by Gasteiger charge is 2.33. The Morgan fingerprint density at radius 2 is 1.85 bits per heavy atom. The van der Waals surface area contributed by atoms with Gasteiger partial charge in [0.05, 0.1) is 6.61 Å². The molecule has 0 saturated heterocycles. The van der Waals surface area contributed by atoms with Crippen molar-refractivity contribution in [1.29, 1.82) is 0 Å². The van der Waals surface area contributed by atoms with Crippen LogP contribution in [0.3, 0.4) is 0 Å². The van der Waals surface area contributed by atoms with E-state index in [1.54, 1.807) is 7.11 Å². The van der Waals surface area contributed by atoms with Gasteiger partial charge < -0.3 is 20.1 Å². The number of hydrogen-bond donors (Lipinski definition) is 2. The van der Waals surface area contributed by atoms with E-state index in [1.165, 1.54) is 36.8 Å². The topological polar surface area (TPSA) is 54.9 Å². The second-order valence-corrected chi connectivity index (χ2v) is 7.55. The van der Waals surface area contributed by atoms with E-state index in [9.17, 15) is 0 Å². The van der Waals surface area contributed by atoms with Gasteiger partial charge in [-0.15, -0.1) is 0 Å². The maximum Gasteiger partial charge on any atom is 0.191 e. The number of nitrogens with zero attached hydrogens (tertiary/aromatic N) is 1. The minimum absolute atomic E-state index is 0.347. The summed E-state index contributed by atoms with van der Waals surface area (Å²) >= 11 is 0. The van der Waals surface area contributed by atoms with Crippen LogP contribution in [0.5, 0.6) is 0 Å². The van der Waals surface area contributed by atoms with E-state index in [4.69, 9.17) is 9.47 Å². The Kier molecular flexibility index (Phi) is 9.64. The smallest absolute Gasteiger partial charge is 0.191 e. The molecule has 5 nitrogen and oxygen atoms in total. The van der Waals surface area contributed by atoms with Crippen LogP contribution in [0.1, 0.15) is 56.6 Å². The van der Waals surface area contributed by atoms with Gasteiger partial charge in [-0.1, -0.05) is 44.0 Å². The van der Waals surface area contributed by atoms with E-state index in [1.807, 2.05) is 7.05 Å². The highest BCUT2D eigenvalue weighted by atomic mass is 16.5. The Hall–Kier alpha value is -1.59. The maximum absolute atomic E-state index is 5.72. The zero-order valence-corrected chi connectivity index (χ0v) is 17.4. The molecule has 0 unspecified atom stereocenters. The highest BCUT2D eigenvalue weighted by Crippen LogP contribution is 2.40. The Bertz CT molecular complexity index is 568. The number of rotatable bonds is 11. The van der Waals surface area contributed by atoms with Crippen molar-refractivity contribution < 1.29 is 9.47 Å². The zero-order valence-electron chi connectivity index (χ0n) is 17.4. The first-order valence-corrected chi connectivity index (χ1v) is 10.3. The molecule has 27 heavy (non-hydrogen) atoms. The predicted octanol–water partition coefficient (Wildman–Crippen LogP) is 3.88. The summed E-state index contributed by atoms with van der Waals surface area (Å²) < 4.78 is 11.1. The van der Waals surface area contributed by atoms with Gasteiger partial charge in [0, 0.05) is 40.5 Å². The van der Waals surface area contributed by atoms with E-state index < -0.39 is 0 Å². The van der Waals surface area contributed by atoms with Crippen LogP contribution in [0.4, 0.5) is 0 Å². The van der Waals surface area contributed by atoms with Gasteiger partial charge >= 0.3 is 0 Å². The second kappa shape index (κ2) is 12.0. The minimum atomic E-state index is 0.347. The summed E-state index contributed by atoms with van der Waals surface area (Å²) in [6.07, 6.45) is 7.36. The molecular weight excluding hydrogens is 338 g/mol. The van der Waals surface area contributed by atoms with Crippen molar-refractivity contribution in [1.82, 2.24) is 10.6 Å². The second-order valence-electron chi connectivity index (χ2n) is 7.55. The van der Waals surface area contributed by atoms with Gasteiger partial charge in [-0.2, -0.15) is 0 Å². The van der Waals surface area contributed by atoms with Crippen molar-refractivity contribution in [3.05, 3.63) is 35.4 Å². The Labute approximate surface area is 164 Å². The lowest BCUT2D eigenvalue weighted by molar-refractivity contribution is 0.121. The van der Waals surface area contributed by atoms with Crippen molar-refractivity contribution in [2.45, 2.75) is 58.6 Å². The Morgan fingerprint density at radius 3 is 2.52 bits per heavy atom. The number of ether oxygens (including phenoxy) is 2. The summed E-state index contributed by atoms with van der Waals surface area (Å²) in [6, 6.07) is 8.44. The lowest BCUT2D eigenvalue weighted by atomic mass is 9.83. The third-order valence-corrected chi connectivity index (χ3v) is 5.53. The number of hydrogen-bond acceptors (Lipinski definition) is 3. The molecule has 0 aliphatic heterocycles. The molecule has 0 aromatic heterocycles. The van der Waals surface area contributed by atoms with E-state index in [-0.39, 0.29) is 0 Å². The molecule has 1 saturated carbocycles. The number of nitrogens with one attached hydrogen (secondary N) is 2. The molecule has 1 aliphatic rings. The number of aliphatic imine (C=N–C) groups is 1. The molecule has 2 N–H and O–H groups in total. The molecule has 152 valence electrons. The first kappa shape index (κ1) is 21.7. The van der Waals surface area contributed by atoms with Crippen LogP contribution in [0.25, 0.3) is 0 Å². The first-order valence-electron chi connectivity index (χ1n) is 10.3. The zero-order chi connectivity index (χ0) is 19.4. The Morgan fingerprint density at radius 1 is 1.11 bits per heavy atom. The van der Waals surface area contributed by atoms with Crippen LogP contribution in [-0.2, 0) is 22.6 Å². The van der Waals surface area contributed by atoms with E-state index >= 15 is 0 Å². The van der Waals surface area contributed by atoms with Gasteiger partial charge in [-0.05, 0) is 42.2 Å². The molecular formula is C22H37N3O2. The lowest BCUT2D eigenvalue weighted by Gasteiger charge is -2.30. The van der Waals surface area contributed by atoms with E-state index in [2.05, 4.69) is 46.8 Å². The fourth-order valence-electron chi connectivity index (χ4n) is 3.83. The van der Waals surface area contributed by atoms with Gasteiger partial charge in [0.1, 0.15) is 0 Å². The standard InChI is InChI=1S/C22H37N3O2/c1-4-14-27-17-20-10-6-5-9-19(20)16-24-21(23-2)25-18-22(13-15-26-3)11-7-8-12-22/h5-6,9-10H,4,7-8,11-18H2,1-3H3,(H2,23,24,25). The van der Waals surface area contributed by atoms with E-state index in [0.29, 0.717) is 12.0 Å². The Balaban J connectivity index is 1.87. The molecule has 1 aromatic carbocycles. The van der Waals surface area contributed by atoms with Crippen molar-refractivity contribution >= 4 is 5.96 Å². The van der Waals surface area contributed by atoms with Crippen LogP contribution in [-0.4, -0.2) is 39.9 Å². The average Bonchev–Trinajstić information content (AvgIpc) is 3.17. The first-order chi connectivity index (χ1) is 13.2. The van der Waals surface area contributed by atoms with Crippen LogP contribution in [0, 0.1) is 5.41 Å². The van der Waals surface area contributed by atoms with Crippen molar-refractivity contribution in [3.63, 3.8) is 0 Å². The number of methoxy groups -OCH3 is 1. The third-order valence-electron chi connectivity index (χ3n) is 5.53. The summed E-state index contributed by atoms with van der Waals surface area (Å²) in [4.78, 5) is 4.41.